The number of rotatable bonds is 3. The summed E-state index contributed by atoms with van der Waals surface area (Å²) in [6, 6.07) is 5.28. The fourth-order valence-corrected chi connectivity index (χ4v) is 1.82. The number of aromatic nitrogens is 3. The Hall–Kier alpha value is -2.15. The van der Waals surface area contributed by atoms with Gasteiger partial charge in [-0.25, -0.2) is 9.97 Å². The minimum atomic E-state index is -0.0380. The Kier molecular flexibility index (Phi) is 3.51. The van der Waals surface area contributed by atoms with Crippen LogP contribution < -0.4 is 5.73 Å². The molecule has 0 amide bonds. The molecule has 0 aliphatic rings. The average molecular weight is 247 g/mol. The normalized spacial score (nSPS) is 11.4. The number of nitrogens with two attached hydrogens (primary N) is 1. The van der Waals surface area contributed by atoms with E-state index in [2.05, 4.69) is 20.1 Å². The van der Waals surface area contributed by atoms with Crippen LogP contribution in [0.3, 0.4) is 0 Å². The van der Waals surface area contributed by atoms with Gasteiger partial charge in [0.25, 0.3) is 0 Å². The van der Waals surface area contributed by atoms with Crippen molar-refractivity contribution >= 4 is 17.6 Å². The average Bonchev–Trinajstić information content (AvgIpc) is 2.39. The van der Waals surface area contributed by atoms with Crippen LogP contribution in [0.1, 0.15) is 5.69 Å². The Labute approximate surface area is 102 Å². The van der Waals surface area contributed by atoms with E-state index in [1.807, 2.05) is 12.1 Å². The molecule has 6 nitrogen and oxygen atoms in total. The molecule has 0 saturated carbocycles. The first-order valence-electron chi connectivity index (χ1n) is 4.68. The quantitative estimate of drug-likeness (QED) is 0.277. The lowest BCUT2D eigenvalue weighted by molar-refractivity contribution is 0.318. The highest BCUT2D eigenvalue weighted by atomic mass is 32.2. The van der Waals surface area contributed by atoms with Gasteiger partial charge in [0.1, 0.15) is 5.69 Å². The Bertz CT molecular complexity index is 531. The molecule has 0 unspecified atom stereocenters. The lowest BCUT2D eigenvalue weighted by atomic mass is 10.4. The molecule has 7 heteroatoms. The summed E-state index contributed by atoms with van der Waals surface area (Å²) in [7, 11) is 0. The Morgan fingerprint density at radius 3 is 2.71 bits per heavy atom. The van der Waals surface area contributed by atoms with Gasteiger partial charge in [-0.1, -0.05) is 5.16 Å². The van der Waals surface area contributed by atoms with Crippen LogP contribution in [0.15, 0.2) is 52.0 Å². The van der Waals surface area contributed by atoms with E-state index in [9.17, 15) is 0 Å². The number of pyridine rings is 1. The number of nitrogens with zero attached hydrogens (tertiary/aromatic N) is 4. The minimum Gasteiger partial charge on any atom is -0.409 e. The fraction of sp³-hybridized carbons (Fsp3) is 0. The molecular formula is C10H9N5OS. The molecule has 0 atom stereocenters. The van der Waals surface area contributed by atoms with Crippen molar-refractivity contribution in [3.63, 3.8) is 0 Å². The van der Waals surface area contributed by atoms with Gasteiger partial charge in [0.15, 0.2) is 11.0 Å². The molecule has 17 heavy (non-hydrogen) atoms. The van der Waals surface area contributed by atoms with Crippen LogP contribution in [-0.2, 0) is 0 Å². The lowest BCUT2D eigenvalue weighted by Crippen LogP contribution is -2.15. The van der Waals surface area contributed by atoms with Crippen molar-refractivity contribution < 1.29 is 5.21 Å². The summed E-state index contributed by atoms with van der Waals surface area (Å²) in [4.78, 5) is 13.1. The molecule has 0 aliphatic heterocycles. The molecule has 86 valence electrons. The molecule has 0 bridgehead atoms. The Balaban J connectivity index is 2.23. The molecule has 0 aliphatic carbocycles. The Morgan fingerprint density at radius 2 is 2.00 bits per heavy atom. The number of amidine groups is 1. The summed E-state index contributed by atoms with van der Waals surface area (Å²) in [6.45, 7) is 0. The first-order valence-corrected chi connectivity index (χ1v) is 5.50. The second kappa shape index (κ2) is 5.26. The van der Waals surface area contributed by atoms with Gasteiger partial charge in [-0.05, 0) is 30.0 Å². The summed E-state index contributed by atoms with van der Waals surface area (Å²) in [6.07, 6.45) is 4.94. The molecule has 3 N–H and O–H groups in total. The van der Waals surface area contributed by atoms with Crippen molar-refractivity contribution in [2.24, 2.45) is 10.9 Å². The molecule has 2 aromatic heterocycles. The van der Waals surface area contributed by atoms with Crippen LogP contribution in [0.5, 0.6) is 0 Å². The molecule has 0 saturated heterocycles. The summed E-state index contributed by atoms with van der Waals surface area (Å²) in [5, 5.41) is 12.0. The maximum Gasteiger partial charge on any atom is 0.193 e. The van der Waals surface area contributed by atoms with E-state index in [-0.39, 0.29) is 5.84 Å². The van der Waals surface area contributed by atoms with Crippen molar-refractivity contribution in [3.8, 4) is 0 Å². The third kappa shape index (κ3) is 2.91. The molecule has 0 radical (unpaired) electrons. The van der Waals surface area contributed by atoms with Crippen molar-refractivity contribution in [2.45, 2.75) is 10.1 Å². The topological polar surface area (TPSA) is 97.3 Å². The summed E-state index contributed by atoms with van der Waals surface area (Å²) in [5.74, 6) is -0.0380. The summed E-state index contributed by atoms with van der Waals surface area (Å²) < 4.78 is 0. The van der Waals surface area contributed by atoms with Crippen molar-refractivity contribution in [1.82, 2.24) is 15.0 Å². The van der Waals surface area contributed by atoms with Gasteiger partial charge in [-0.15, -0.1) is 0 Å². The van der Waals surface area contributed by atoms with E-state index < -0.39 is 0 Å². The second-order valence-corrected chi connectivity index (χ2v) is 4.04. The van der Waals surface area contributed by atoms with Crippen molar-refractivity contribution in [2.75, 3.05) is 0 Å². The highest BCUT2D eigenvalue weighted by Gasteiger charge is 2.05. The van der Waals surface area contributed by atoms with Gasteiger partial charge in [0.05, 0.1) is 0 Å². The minimum absolute atomic E-state index is 0.0380. The zero-order chi connectivity index (χ0) is 12.1. The van der Waals surface area contributed by atoms with Crippen LogP contribution in [0.25, 0.3) is 0 Å². The van der Waals surface area contributed by atoms with Crippen LogP contribution in [0.4, 0.5) is 0 Å². The van der Waals surface area contributed by atoms with Crippen molar-refractivity contribution in [3.05, 3.63) is 42.5 Å². The first-order chi connectivity index (χ1) is 8.29. The predicted molar refractivity (Wildman–Crippen MR) is 62.9 cm³/mol. The number of oxime groups is 1. The van der Waals surface area contributed by atoms with Crippen molar-refractivity contribution in [1.29, 1.82) is 0 Å². The molecule has 0 aromatic carbocycles. The molecule has 2 heterocycles. The maximum atomic E-state index is 8.56. The molecule has 2 aromatic rings. The Morgan fingerprint density at radius 1 is 1.24 bits per heavy atom. The maximum absolute atomic E-state index is 8.56. The fourth-order valence-electron chi connectivity index (χ4n) is 1.10. The van der Waals surface area contributed by atoms with Crippen LogP contribution in [-0.4, -0.2) is 26.0 Å². The van der Waals surface area contributed by atoms with Gasteiger partial charge in [-0.3, -0.25) is 4.98 Å². The standard InChI is InChI=1S/C10H9N5OS/c11-9(15-16)8-3-6-13-10(14-8)17-7-1-4-12-5-2-7/h1-6,16H,(H2,11,15). The van der Waals surface area contributed by atoms with Crippen LogP contribution >= 0.6 is 11.8 Å². The highest BCUT2D eigenvalue weighted by molar-refractivity contribution is 7.99. The smallest absolute Gasteiger partial charge is 0.193 e. The van der Waals surface area contributed by atoms with Gasteiger partial charge in [0.2, 0.25) is 0 Å². The summed E-state index contributed by atoms with van der Waals surface area (Å²) >= 11 is 1.38. The number of hydrogen-bond donors (Lipinski definition) is 2. The SMILES string of the molecule is N/C(=N/O)c1ccnc(Sc2ccncc2)n1. The van der Waals surface area contributed by atoms with E-state index in [0.29, 0.717) is 10.9 Å². The molecular weight excluding hydrogens is 238 g/mol. The monoisotopic (exact) mass is 247 g/mol. The van der Waals surface area contributed by atoms with Gasteiger partial charge < -0.3 is 10.9 Å². The van der Waals surface area contributed by atoms with E-state index in [1.54, 1.807) is 24.7 Å². The second-order valence-electron chi connectivity index (χ2n) is 2.99. The third-order valence-corrected chi connectivity index (χ3v) is 2.75. The number of hydrogen-bond acceptors (Lipinski definition) is 6. The van der Waals surface area contributed by atoms with Gasteiger partial charge in [0, 0.05) is 23.5 Å². The molecule has 0 spiro atoms. The largest absolute Gasteiger partial charge is 0.409 e. The van der Waals surface area contributed by atoms with E-state index in [0.717, 1.165) is 4.90 Å². The zero-order valence-corrected chi connectivity index (χ0v) is 9.50. The predicted octanol–water partition coefficient (Wildman–Crippen LogP) is 1.12. The van der Waals surface area contributed by atoms with Crippen LogP contribution in [0, 0.1) is 0 Å². The third-order valence-electron chi connectivity index (χ3n) is 1.86. The lowest BCUT2D eigenvalue weighted by Gasteiger charge is -2.01. The van der Waals surface area contributed by atoms with E-state index in [4.69, 9.17) is 10.9 Å². The van der Waals surface area contributed by atoms with Gasteiger partial charge in [-0.2, -0.15) is 0 Å². The molecule has 2 rings (SSSR count). The highest BCUT2D eigenvalue weighted by Crippen LogP contribution is 2.23. The van der Waals surface area contributed by atoms with Gasteiger partial charge >= 0.3 is 0 Å². The van der Waals surface area contributed by atoms with E-state index >= 15 is 0 Å². The zero-order valence-electron chi connectivity index (χ0n) is 8.69. The summed E-state index contributed by atoms with van der Waals surface area (Å²) in [5.41, 5.74) is 5.84. The molecule has 0 fully saturated rings. The van der Waals surface area contributed by atoms with E-state index in [1.165, 1.54) is 11.8 Å². The van der Waals surface area contributed by atoms with Crippen LogP contribution in [0.2, 0.25) is 0 Å². The first kappa shape index (κ1) is 11.3.